The molecule has 0 aliphatic heterocycles. The second-order valence-electron chi connectivity index (χ2n) is 5.52. The normalized spacial score (nSPS) is 22.7. The van der Waals surface area contributed by atoms with Gasteiger partial charge in [-0.25, -0.2) is 0 Å². The third-order valence-electron chi connectivity index (χ3n) is 4.11. The molecule has 0 unspecified atom stereocenters. The van der Waals surface area contributed by atoms with Gasteiger partial charge < -0.3 is 10.6 Å². The Balaban J connectivity index is 2.25. The monoisotopic (exact) mass is 297 g/mol. The van der Waals surface area contributed by atoms with E-state index in [0.717, 1.165) is 37.8 Å². The molecule has 6 heteroatoms. The highest BCUT2D eigenvalue weighted by Crippen LogP contribution is 2.34. The average Bonchev–Trinajstić information content (AvgIpc) is 2.45. The Morgan fingerprint density at radius 1 is 1.24 bits per heavy atom. The van der Waals surface area contributed by atoms with Crippen LogP contribution >= 0.6 is 0 Å². The molecule has 1 aromatic carbocycles. The third-order valence-corrected chi connectivity index (χ3v) is 4.11. The summed E-state index contributed by atoms with van der Waals surface area (Å²) in [6, 6.07) is 5.62. The lowest BCUT2D eigenvalue weighted by molar-refractivity contribution is -0.137. The van der Waals surface area contributed by atoms with Gasteiger partial charge in [0, 0.05) is 19.1 Å². The standard InChI is InChI=1S/C15H18F3N3/c1-21(13-5-3-12(20)4-6-13)14-7-2-11(15(16,17)18)8-10(14)9-19/h2,7-8,12-13H,3-6,20H2,1H3. The molecule has 0 atom stereocenters. The summed E-state index contributed by atoms with van der Waals surface area (Å²) in [5, 5.41) is 9.13. The zero-order valence-corrected chi connectivity index (χ0v) is 11.8. The Morgan fingerprint density at radius 3 is 2.38 bits per heavy atom. The van der Waals surface area contributed by atoms with Crippen molar-refractivity contribution in [2.45, 2.75) is 43.9 Å². The number of nitriles is 1. The molecule has 1 aliphatic rings. The van der Waals surface area contributed by atoms with Gasteiger partial charge in [-0.1, -0.05) is 0 Å². The number of nitrogens with two attached hydrogens (primary N) is 1. The largest absolute Gasteiger partial charge is 0.416 e. The first kappa shape index (κ1) is 15.6. The topological polar surface area (TPSA) is 53.0 Å². The predicted molar refractivity (Wildman–Crippen MR) is 74.8 cm³/mol. The summed E-state index contributed by atoms with van der Waals surface area (Å²) in [5.41, 5.74) is 5.68. The summed E-state index contributed by atoms with van der Waals surface area (Å²) in [6.45, 7) is 0. The number of anilines is 1. The maximum atomic E-state index is 12.7. The minimum absolute atomic E-state index is 0.0576. The molecule has 114 valence electrons. The Kier molecular flexibility index (Phi) is 4.43. The van der Waals surface area contributed by atoms with Gasteiger partial charge in [0.15, 0.2) is 0 Å². The molecule has 0 saturated heterocycles. The summed E-state index contributed by atoms with van der Waals surface area (Å²) in [6.07, 6.45) is -0.845. The lowest BCUT2D eigenvalue weighted by atomic mass is 9.90. The Morgan fingerprint density at radius 2 is 1.86 bits per heavy atom. The van der Waals surface area contributed by atoms with E-state index in [1.54, 1.807) is 0 Å². The molecule has 3 nitrogen and oxygen atoms in total. The summed E-state index contributed by atoms with van der Waals surface area (Å²) >= 11 is 0. The van der Waals surface area contributed by atoms with Crippen LogP contribution in [-0.4, -0.2) is 19.1 Å². The zero-order valence-electron chi connectivity index (χ0n) is 11.8. The predicted octanol–water partition coefficient (Wildman–Crippen LogP) is 3.28. The first-order chi connectivity index (χ1) is 9.82. The van der Waals surface area contributed by atoms with Crippen molar-refractivity contribution < 1.29 is 13.2 Å². The van der Waals surface area contributed by atoms with E-state index < -0.39 is 11.7 Å². The van der Waals surface area contributed by atoms with Crippen molar-refractivity contribution in [2.24, 2.45) is 5.73 Å². The Bertz CT molecular complexity index is 540. The fourth-order valence-electron chi connectivity index (χ4n) is 2.80. The molecular weight excluding hydrogens is 279 g/mol. The van der Waals surface area contributed by atoms with Gasteiger partial charge in [0.25, 0.3) is 0 Å². The number of hydrogen-bond donors (Lipinski definition) is 1. The maximum Gasteiger partial charge on any atom is 0.416 e. The molecule has 2 rings (SSSR count). The van der Waals surface area contributed by atoms with E-state index in [2.05, 4.69) is 0 Å². The van der Waals surface area contributed by atoms with Crippen molar-refractivity contribution in [3.05, 3.63) is 29.3 Å². The summed E-state index contributed by atoms with van der Waals surface area (Å²) in [7, 11) is 1.82. The summed E-state index contributed by atoms with van der Waals surface area (Å²) in [5.74, 6) is 0. The molecular formula is C15H18F3N3. The summed E-state index contributed by atoms with van der Waals surface area (Å²) < 4.78 is 38.1. The molecule has 0 heterocycles. The van der Waals surface area contributed by atoms with Crippen molar-refractivity contribution in [2.75, 3.05) is 11.9 Å². The van der Waals surface area contributed by atoms with Crippen LogP contribution in [0, 0.1) is 11.3 Å². The zero-order chi connectivity index (χ0) is 15.6. The highest BCUT2D eigenvalue weighted by molar-refractivity contribution is 5.61. The molecule has 0 bridgehead atoms. The second-order valence-corrected chi connectivity index (χ2v) is 5.52. The molecule has 1 aliphatic carbocycles. The van der Waals surface area contributed by atoms with E-state index in [4.69, 9.17) is 11.0 Å². The van der Waals surface area contributed by atoms with Gasteiger partial charge in [-0.3, -0.25) is 0 Å². The molecule has 0 spiro atoms. The number of benzene rings is 1. The number of nitrogens with zero attached hydrogens (tertiary/aromatic N) is 2. The number of halogens is 3. The SMILES string of the molecule is CN(c1ccc(C(F)(F)F)cc1C#N)C1CCC(N)CC1. The fourth-order valence-corrected chi connectivity index (χ4v) is 2.80. The fraction of sp³-hybridized carbons (Fsp3) is 0.533. The molecule has 0 aromatic heterocycles. The van der Waals surface area contributed by atoms with Crippen molar-refractivity contribution in [3.63, 3.8) is 0 Å². The van der Waals surface area contributed by atoms with Gasteiger partial charge in [0.05, 0.1) is 16.8 Å². The van der Waals surface area contributed by atoms with Crippen LogP contribution in [0.2, 0.25) is 0 Å². The minimum atomic E-state index is -4.43. The molecule has 1 aromatic rings. The van der Waals surface area contributed by atoms with Crippen LogP contribution in [0.5, 0.6) is 0 Å². The molecule has 2 N–H and O–H groups in total. The smallest absolute Gasteiger partial charge is 0.371 e. The van der Waals surface area contributed by atoms with Crippen LogP contribution in [0.1, 0.15) is 36.8 Å². The van der Waals surface area contributed by atoms with Gasteiger partial charge >= 0.3 is 6.18 Å². The van der Waals surface area contributed by atoms with E-state index in [1.807, 2.05) is 18.0 Å². The lowest BCUT2D eigenvalue weighted by Crippen LogP contribution is -2.39. The first-order valence-electron chi connectivity index (χ1n) is 6.92. The molecule has 1 saturated carbocycles. The van der Waals surface area contributed by atoms with E-state index >= 15 is 0 Å². The molecule has 21 heavy (non-hydrogen) atoms. The molecule has 1 fully saturated rings. The quantitative estimate of drug-likeness (QED) is 0.911. The number of alkyl halides is 3. The van der Waals surface area contributed by atoms with E-state index in [1.165, 1.54) is 6.07 Å². The number of rotatable bonds is 2. The van der Waals surface area contributed by atoms with Gasteiger partial charge in [-0.15, -0.1) is 0 Å². The Labute approximate surface area is 122 Å². The van der Waals surface area contributed by atoms with Gasteiger partial charge in [-0.05, 0) is 43.9 Å². The van der Waals surface area contributed by atoms with Gasteiger partial charge in [-0.2, -0.15) is 18.4 Å². The van der Waals surface area contributed by atoms with Gasteiger partial charge in [0.1, 0.15) is 6.07 Å². The van der Waals surface area contributed by atoms with Crippen LogP contribution < -0.4 is 10.6 Å². The van der Waals surface area contributed by atoms with E-state index in [0.29, 0.717) is 5.69 Å². The number of hydrogen-bond acceptors (Lipinski definition) is 3. The lowest BCUT2D eigenvalue weighted by Gasteiger charge is -2.35. The molecule has 0 radical (unpaired) electrons. The van der Waals surface area contributed by atoms with Crippen LogP contribution in [0.25, 0.3) is 0 Å². The highest BCUT2D eigenvalue weighted by atomic mass is 19.4. The van der Waals surface area contributed by atoms with Crippen molar-refractivity contribution >= 4 is 5.69 Å². The first-order valence-corrected chi connectivity index (χ1v) is 6.92. The second kappa shape index (κ2) is 5.94. The van der Waals surface area contributed by atoms with Crippen molar-refractivity contribution in [3.8, 4) is 6.07 Å². The third kappa shape index (κ3) is 3.48. The van der Waals surface area contributed by atoms with Gasteiger partial charge in [0.2, 0.25) is 0 Å². The average molecular weight is 297 g/mol. The highest BCUT2D eigenvalue weighted by Gasteiger charge is 2.32. The van der Waals surface area contributed by atoms with Crippen LogP contribution in [0.4, 0.5) is 18.9 Å². The maximum absolute atomic E-state index is 12.7. The van der Waals surface area contributed by atoms with Crippen molar-refractivity contribution in [1.82, 2.24) is 0 Å². The van der Waals surface area contributed by atoms with Crippen LogP contribution in [-0.2, 0) is 6.18 Å². The van der Waals surface area contributed by atoms with Crippen LogP contribution in [0.15, 0.2) is 18.2 Å². The van der Waals surface area contributed by atoms with E-state index in [-0.39, 0.29) is 17.6 Å². The minimum Gasteiger partial charge on any atom is -0.371 e. The summed E-state index contributed by atoms with van der Waals surface area (Å²) in [4.78, 5) is 1.91. The van der Waals surface area contributed by atoms with Crippen molar-refractivity contribution in [1.29, 1.82) is 5.26 Å². The Hall–Kier alpha value is -1.74. The van der Waals surface area contributed by atoms with E-state index in [9.17, 15) is 13.2 Å². The molecule has 0 amide bonds. The van der Waals surface area contributed by atoms with Crippen LogP contribution in [0.3, 0.4) is 0 Å².